The lowest BCUT2D eigenvalue weighted by molar-refractivity contribution is 0.103. The summed E-state index contributed by atoms with van der Waals surface area (Å²) in [5.41, 5.74) is 1.93. The maximum Gasteiger partial charge on any atom is 0.267 e. The summed E-state index contributed by atoms with van der Waals surface area (Å²) in [5, 5.41) is 4.52. The molecule has 1 heterocycles. The number of halogens is 1. The Morgan fingerprint density at radius 1 is 1.53 bits per heavy atom. The van der Waals surface area contributed by atoms with Crippen molar-refractivity contribution in [3.8, 4) is 0 Å². The number of amides is 1. The summed E-state index contributed by atoms with van der Waals surface area (Å²) in [4.78, 5) is 16.6. The average molecular weight is 311 g/mol. The van der Waals surface area contributed by atoms with E-state index in [1.54, 1.807) is 6.20 Å². The summed E-state index contributed by atoms with van der Waals surface area (Å²) in [6, 6.07) is 7.74. The number of nitrogens with zero attached hydrogens (tertiary/aromatic N) is 1. The number of alkyl halides is 1. The van der Waals surface area contributed by atoms with Gasteiger partial charge in [0.15, 0.2) is 0 Å². The number of carbonyl (C=O) groups is 1. The Labute approximate surface area is 112 Å². The molecule has 0 saturated heterocycles. The summed E-state index contributed by atoms with van der Waals surface area (Å²) in [5.74, 6) is -0.109. The van der Waals surface area contributed by atoms with Crippen LogP contribution in [0.25, 0.3) is 0 Å². The Morgan fingerprint density at radius 3 is 3.00 bits per heavy atom. The number of nitrogens with one attached hydrogen (secondary N) is 1. The molecule has 1 amide bonds. The van der Waals surface area contributed by atoms with Gasteiger partial charge in [-0.1, -0.05) is 28.1 Å². The Hall–Kier alpha value is -1.20. The number of hydrogen-bond donors (Lipinski definition) is 1. The third-order valence-electron chi connectivity index (χ3n) is 2.18. The minimum atomic E-state index is -0.109. The molecule has 0 unspecified atom stereocenters. The van der Waals surface area contributed by atoms with Gasteiger partial charge in [-0.2, -0.15) is 0 Å². The largest absolute Gasteiger partial charge is 0.321 e. The Kier molecular flexibility index (Phi) is 3.91. The van der Waals surface area contributed by atoms with Crippen molar-refractivity contribution in [2.24, 2.45) is 0 Å². The second kappa shape index (κ2) is 5.42. The molecule has 0 aliphatic heterocycles. The maximum atomic E-state index is 11.9. The van der Waals surface area contributed by atoms with Gasteiger partial charge in [-0.05, 0) is 24.6 Å². The van der Waals surface area contributed by atoms with Crippen LogP contribution < -0.4 is 5.32 Å². The number of benzene rings is 1. The summed E-state index contributed by atoms with van der Waals surface area (Å²) in [6.45, 7) is 1.88. The van der Waals surface area contributed by atoms with Gasteiger partial charge in [0.1, 0.15) is 4.88 Å². The van der Waals surface area contributed by atoms with E-state index in [1.165, 1.54) is 11.3 Å². The first-order valence-electron chi connectivity index (χ1n) is 5.08. The Morgan fingerprint density at radius 2 is 2.35 bits per heavy atom. The Bertz CT molecular complexity index is 539. The highest BCUT2D eigenvalue weighted by Crippen LogP contribution is 2.16. The molecule has 17 heavy (non-hydrogen) atoms. The standard InChI is InChI=1S/C12H11BrN2OS/c1-8-14-7-11(17-8)12(16)15-10-4-2-3-9(5-10)6-13/h2-5,7H,6H2,1H3,(H,15,16). The highest BCUT2D eigenvalue weighted by molar-refractivity contribution is 9.08. The van der Waals surface area contributed by atoms with Crippen LogP contribution in [-0.4, -0.2) is 10.9 Å². The van der Waals surface area contributed by atoms with E-state index in [0.717, 1.165) is 21.6 Å². The van der Waals surface area contributed by atoms with Crippen LogP contribution in [0.3, 0.4) is 0 Å². The quantitative estimate of drug-likeness (QED) is 0.880. The van der Waals surface area contributed by atoms with Crippen LogP contribution in [0, 0.1) is 6.92 Å². The SMILES string of the molecule is Cc1ncc(C(=O)Nc2cccc(CBr)c2)s1. The van der Waals surface area contributed by atoms with Crippen LogP contribution >= 0.6 is 27.3 Å². The van der Waals surface area contributed by atoms with Crippen LogP contribution in [0.1, 0.15) is 20.2 Å². The third-order valence-corrected chi connectivity index (χ3v) is 3.74. The zero-order valence-corrected chi connectivity index (χ0v) is 11.6. The third kappa shape index (κ3) is 3.14. The van der Waals surface area contributed by atoms with Crippen LogP contribution in [-0.2, 0) is 5.33 Å². The van der Waals surface area contributed by atoms with Gasteiger partial charge in [0.25, 0.3) is 5.91 Å². The molecule has 0 aliphatic rings. The molecule has 0 spiro atoms. The van der Waals surface area contributed by atoms with Crippen molar-refractivity contribution in [2.75, 3.05) is 5.32 Å². The number of rotatable bonds is 3. The van der Waals surface area contributed by atoms with E-state index in [4.69, 9.17) is 0 Å². The summed E-state index contributed by atoms with van der Waals surface area (Å²) in [6.07, 6.45) is 1.60. The van der Waals surface area contributed by atoms with E-state index >= 15 is 0 Å². The van der Waals surface area contributed by atoms with Crippen molar-refractivity contribution in [3.63, 3.8) is 0 Å². The molecule has 0 bridgehead atoms. The molecule has 1 N–H and O–H groups in total. The highest BCUT2D eigenvalue weighted by Gasteiger charge is 2.09. The number of aromatic nitrogens is 1. The van der Waals surface area contributed by atoms with Crippen molar-refractivity contribution in [3.05, 3.63) is 45.9 Å². The van der Waals surface area contributed by atoms with Gasteiger partial charge in [-0.25, -0.2) is 4.98 Å². The van der Waals surface area contributed by atoms with Gasteiger partial charge in [-0.15, -0.1) is 11.3 Å². The van der Waals surface area contributed by atoms with E-state index in [-0.39, 0.29) is 5.91 Å². The fraction of sp³-hybridized carbons (Fsp3) is 0.167. The molecule has 0 fully saturated rings. The molecule has 1 aromatic carbocycles. The lowest BCUT2D eigenvalue weighted by Crippen LogP contribution is -2.10. The van der Waals surface area contributed by atoms with Crippen molar-refractivity contribution in [1.82, 2.24) is 4.98 Å². The number of anilines is 1. The number of carbonyl (C=O) groups excluding carboxylic acids is 1. The molecule has 5 heteroatoms. The van der Waals surface area contributed by atoms with Gasteiger partial charge >= 0.3 is 0 Å². The van der Waals surface area contributed by atoms with Gasteiger partial charge < -0.3 is 5.32 Å². The molecule has 0 aliphatic carbocycles. The zero-order chi connectivity index (χ0) is 12.3. The molecular formula is C12H11BrN2OS. The van der Waals surface area contributed by atoms with E-state index in [1.807, 2.05) is 31.2 Å². The van der Waals surface area contributed by atoms with Gasteiger partial charge in [-0.3, -0.25) is 4.79 Å². The fourth-order valence-corrected chi connectivity index (χ4v) is 2.41. The molecular weight excluding hydrogens is 300 g/mol. The van der Waals surface area contributed by atoms with Crippen molar-refractivity contribution >= 4 is 38.9 Å². The first-order chi connectivity index (χ1) is 8.19. The predicted octanol–water partition coefficient (Wildman–Crippen LogP) is 3.60. The lowest BCUT2D eigenvalue weighted by atomic mass is 10.2. The second-order valence-corrected chi connectivity index (χ2v) is 5.33. The topological polar surface area (TPSA) is 42.0 Å². The number of thiazole rings is 1. The van der Waals surface area contributed by atoms with Gasteiger partial charge in [0, 0.05) is 11.0 Å². The molecule has 0 radical (unpaired) electrons. The van der Waals surface area contributed by atoms with E-state index < -0.39 is 0 Å². The smallest absolute Gasteiger partial charge is 0.267 e. The second-order valence-electron chi connectivity index (χ2n) is 3.53. The predicted molar refractivity (Wildman–Crippen MR) is 73.9 cm³/mol. The summed E-state index contributed by atoms with van der Waals surface area (Å²) in [7, 11) is 0. The molecule has 0 atom stereocenters. The van der Waals surface area contributed by atoms with Crippen LogP contribution in [0.5, 0.6) is 0 Å². The van der Waals surface area contributed by atoms with Crippen LogP contribution in [0.2, 0.25) is 0 Å². The number of aryl methyl sites for hydroxylation is 1. The molecule has 2 rings (SSSR count). The average Bonchev–Trinajstić information content (AvgIpc) is 2.76. The summed E-state index contributed by atoms with van der Waals surface area (Å²) < 4.78 is 0. The zero-order valence-electron chi connectivity index (χ0n) is 9.24. The van der Waals surface area contributed by atoms with E-state index in [0.29, 0.717) is 4.88 Å². The minimum Gasteiger partial charge on any atom is -0.321 e. The van der Waals surface area contributed by atoms with E-state index in [9.17, 15) is 4.79 Å². The first-order valence-corrected chi connectivity index (χ1v) is 7.01. The van der Waals surface area contributed by atoms with E-state index in [2.05, 4.69) is 26.2 Å². The maximum absolute atomic E-state index is 11.9. The number of hydrogen-bond acceptors (Lipinski definition) is 3. The van der Waals surface area contributed by atoms with Gasteiger partial charge in [0.2, 0.25) is 0 Å². The Balaban J connectivity index is 2.12. The highest BCUT2D eigenvalue weighted by atomic mass is 79.9. The fourth-order valence-electron chi connectivity index (χ4n) is 1.39. The summed E-state index contributed by atoms with van der Waals surface area (Å²) >= 11 is 4.78. The first kappa shape index (κ1) is 12.3. The molecule has 2 aromatic rings. The monoisotopic (exact) mass is 310 g/mol. The van der Waals surface area contributed by atoms with Crippen molar-refractivity contribution in [2.45, 2.75) is 12.3 Å². The van der Waals surface area contributed by atoms with Crippen LogP contribution in [0.4, 0.5) is 5.69 Å². The van der Waals surface area contributed by atoms with Gasteiger partial charge in [0.05, 0.1) is 11.2 Å². The van der Waals surface area contributed by atoms with Crippen molar-refractivity contribution < 1.29 is 4.79 Å². The normalized spacial score (nSPS) is 10.2. The molecule has 0 saturated carbocycles. The van der Waals surface area contributed by atoms with Crippen molar-refractivity contribution in [1.29, 1.82) is 0 Å². The minimum absolute atomic E-state index is 0.109. The lowest BCUT2D eigenvalue weighted by Gasteiger charge is -2.04. The molecule has 3 nitrogen and oxygen atoms in total. The molecule has 88 valence electrons. The van der Waals surface area contributed by atoms with Crippen LogP contribution in [0.15, 0.2) is 30.5 Å². The molecule has 1 aromatic heterocycles.